The summed E-state index contributed by atoms with van der Waals surface area (Å²) < 4.78 is 5.68. The third-order valence-corrected chi connectivity index (χ3v) is 2.64. The number of nitriles is 1. The van der Waals surface area contributed by atoms with Gasteiger partial charge in [-0.25, -0.2) is 0 Å². The predicted octanol–water partition coefficient (Wildman–Crippen LogP) is 0.553. The van der Waals surface area contributed by atoms with Gasteiger partial charge in [-0.1, -0.05) is 6.92 Å². The van der Waals surface area contributed by atoms with Crippen LogP contribution in [0.25, 0.3) is 0 Å². The molecule has 1 rings (SSSR count). The smallest absolute Gasteiger partial charge is 0.0866 e. The summed E-state index contributed by atoms with van der Waals surface area (Å²) in [7, 11) is 2.12. The van der Waals surface area contributed by atoms with Gasteiger partial charge in [0.25, 0.3) is 0 Å². The highest BCUT2D eigenvalue weighted by Crippen LogP contribution is 2.05. The molecule has 0 aromatic heterocycles. The fraction of sp³-hybridized carbons (Fsp3) is 0.909. The second-order valence-corrected chi connectivity index (χ2v) is 4.15. The monoisotopic (exact) mass is 211 g/mol. The number of morpholine rings is 1. The van der Waals surface area contributed by atoms with Crippen molar-refractivity contribution in [2.45, 2.75) is 19.4 Å². The van der Waals surface area contributed by atoms with Gasteiger partial charge in [0.2, 0.25) is 0 Å². The molecule has 0 radical (unpaired) electrons. The first-order chi connectivity index (χ1) is 7.26. The fourth-order valence-corrected chi connectivity index (χ4v) is 1.92. The normalized spacial score (nSPS) is 22.9. The maximum absolute atomic E-state index is 8.70. The molecule has 0 spiro atoms. The summed E-state index contributed by atoms with van der Waals surface area (Å²) in [6.07, 6.45) is 1.35. The third kappa shape index (κ3) is 4.61. The van der Waals surface area contributed by atoms with Crippen LogP contribution in [0.4, 0.5) is 0 Å². The van der Waals surface area contributed by atoms with Gasteiger partial charge in [0.15, 0.2) is 0 Å². The van der Waals surface area contributed by atoms with E-state index >= 15 is 0 Å². The lowest BCUT2D eigenvalue weighted by Gasteiger charge is -2.33. The topological polar surface area (TPSA) is 39.5 Å². The summed E-state index contributed by atoms with van der Waals surface area (Å²) >= 11 is 0. The summed E-state index contributed by atoms with van der Waals surface area (Å²) in [6, 6.07) is 2.21. The molecule has 4 heteroatoms. The highest BCUT2D eigenvalue weighted by Gasteiger charge is 2.19. The van der Waals surface area contributed by atoms with Crippen LogP contribution in [0.15, 0.2) is 0 Å². The largest absolute Gasteiger partial charge is 0.374 e. The quantitative estimate of drug-likeness (QED) is 0.623. The molecule has 1 fully saturated rings. The van der Waals surface area contributed by atoms with Crippen LogP contribution in [-0.2, 0) is 4.74 Å². The summed E-state index contributed by atoms with van der Waals surface area (Å²) in [6.45, 7) is 7.32. The van der Waals surface area contributed by atoms with E-state index in [1.165, 1.54) is 0 Å². The number of hydrogen-bond donors (Lipinski definition) is 0. The van der Waals surface area contributed by atoms with Gasteiger partial charge in [0, 0.05) is 19.6 Å². The molecular formula is C11H21N3O. The number of hydrogen-bond acceptors (Lipinski definition) is 4. The van der Waals surface area contributed by atoms with E-state index in [0.717, 1.165) is 39.2 Å². The van der Waals surface area contributed by atoms with Crippen LogP contribution < -0.4 is 0 Å². The van der Waals surface area contributed by atoms with Gasteiger partial charge >= 0.3 is 0 Å². The van der Waals surface area contributed by atoms with Crippen LogP contribution in [0.2, 0.25) is 0 Å². The number of rotatable bonds is 5. The van der Waals surface area contributed by atoms with Gasteiger partial charge in [-0.3, -0.25) is 4.90 Å². The van der Waals surface area contributed by atoms with E-state index < -0.39 is 0 Å². The molecule has 86 valence electrons. The van der Waals surface area contributed by atoms with Gasteiger partial charge in [-0.2, -0.15) is 5.26 Å². The fourth-order valence-electron chi connectivity index (χ4n) is 1.92. The van der Waals surface area contributed by atoms with Crippen molar-refractivity contribution in [3.8, 4) is 6.07 Å². The van der Waals surface area contributed by atoms with E-state index in [-0.39, 0.29) is 6.10 Å². The van der Waals surface area contributed by atoms with Crippen molar-refractivity contribution < 1.29 is 4.74 Å². The Morgan fingerprint density at radius 3 is 3.00 bits per heavy atom. The summed E-state index contributed by atoms with van der Waals surface area (Å²) in [5.74, 6) is 0. The van der Waals surface area contributed by atoms with Crippen molar-refractivity contribution in [3.63, 3.8) is 0 Å². The van der Waals surface area contributed by atoms with E-state index in [1.807, 2.05) is 0 Å². The first-order valence-electron chi connectivity index (χ1n) is 5.65. The zero-order valence-electron chi connectivity index (χ0n) is 9.78. The molecule has 1 aliphatic rings. The number of ether oxygens (including phenoxy) is 1. The second kappa shape index (κ2) is 6.78. The van der Waals surface area contributed by atoms with Gasteiger partial charge in [-0.05, 0) is 20.0 Å². The van der Waals surface area contributed by atoms with Crippen molar-refractivity contribution in [1.29, 1.82) is 5.26 Å². The zero-order chi connectivity index (χ0) is 11.1. The van der Waals surface area contributed by atoms with Crippen molar-refractivity contribution in [2.24, 2.45) is 0 Å². The minimum atomic E-state index is 0.267. The van der Waals surface area contributed by atoms with Gasteiger partial charge < -0.3 is 9.64 Å². The SMILES string of the molecule is CCCN(CC#N)CC1CN(C)CCO1. The summed E-state index contributed by atoms with van der Waals surface area (Å²) in [5.41, 5.74) is 0. The van der Waals surface area contributed by atoms with Crippen LogP contribution in [0.1, 0.15) is 13.3 Å². The van der Waals surface area contributed by atoms with Crippen LogP contribution >= 0.6 is 0 Å². The molecule has 1 heterocycles. The zero-order valence-corrected chi connectivity index (χ0v) is 9.78. The first kappa shape index (κ1) is 12.4. The van der Waals surface area contributed by atoms with Crippen LogP contribution in [0.5, 0.6) is 0 Å². The number of nitrogens with zero attached hydrogens (tertiary/aromatic N) is 3. The molecule has 0 N–H and O–H groups in total. The standard InChI is InChI=1S/C11H21N3O/c1-3-5-14(6-4-12)10-11-9-13(2)7-8-15-11/h11H,3,5-10H2,1-2H3. The molecule has 1 saturated heterocycles. The molecule has 1 atom stereocenters. The Kier molecular flexibility index (Phi) is 5.62. The van der Waals surface area contributed by atoms with E-state index in [0.29, 0.717) is 6.54 Å². The Morgan fingerprint density at radius 1 is 1.60 bits per heavy atom. The molecule has 0 aromatic carbocycles. The molecule has 15 heavy (non-hydrogen) atoms. The Morgan fingerprint density at radius 2 is 2.40 bits per heavy atom. The van der Waals surface area contributed by atoms with Crippen molar-refractivity contribution in [1.82, 2.24) is 9.80 Å². The van der Waals surface area contributed by atoms with E-state index in [9.17, 15) is 0 Å². The lowest BCUT2D eigenvalue weighted by Crippen LogP contribution is -2.46. The maximum Gasteiger partial charge on any atom is 0.0866 e. The molecule has 0 amide bonds. The highest BCUT2D eigenvalue weighted by atomic mass is 16.5. The van der Waals surface area contributed by atoms with E-state index in [2.05, 4.69) is 29.8 Å². The molecule has 0 bridgehead atoms. The summed E-state index contributed by atoms with van der Waals surface area (Å²) in [5, 5.41) is 8.70. The van der Waals surface area contributed by atoms with Crippen LogP contribution in [0.3, 0.4) is 0 Å². The Balaban J connectivity index is 2.32. The van der Waals surface area contributed by atoms with Crippen LogP contribution in [-0.4, -0.2) is 62.3 Å². The number of likely N-dealkylation sites (N-methyl/N-ethyl adjacent to an activating group) is 1. The molecular weight excluding hydrogens is 190 g/mol. The average Bonchev–Trinajstić information content (AvgIpc) is 2.18. The van der Waals surface area contributed by atoms with E-state index in [1.54, 1.807) is 0 Å². The van der Waals surface area contributed by atoms with Crippen molar-refractivity contribution in [3.05, 3.63) is 0 Å². The average molecular weight is 211 g/mol. The molecule has 1 unspecified atom stereocenters. The maximum atomic E-state index is 8.70. The third-order valence-electron chi connectivity index (χ3n) is 2.64. The van der Waals surface area contributed by atoms with Gasteiger partial charge in [-0.15, -0.1) is 0 Å². The Labute approximate surface area is 92.4 Å². The lowest BCUT2D eigenvalue weighted by molar-refractivity contribution is -0.0340. The minimum absolute atomic E-state index is 0.267. The summed E-state index contributed by atoms with van der Waals surface area (Å²) in [4.78, 5) is 4.45. The molecule has 0 aromatic rings. The highest BCUT2D eigenvalue weighted by molar-refractivity contribution is 4.80. The molecule has 4 nitrogen and oxygen atoms in total. The lowest BCUT2D eigenvalue weighted by atomic mass is 10.2. The van der Waals surface area contributed by atoms with Crippen molar-refractivity contribution >= 4 is 0 Å². The Bertz CT molecular complexity index is 214. The molecule has 0 saturated carbocycles. The van der Waals surface area contributed by atoms with Crippen molar-refractivity contribution in [2.75, 3.05) is 46.4 Å². The van der Waals surface area contributed by atoms with Crippen LogP contribution in [0, 0.1) is 11.3 Å². The van der Waals surface area contributed by atoms with E-state index in [4.69, 9.17) is 10.00 Å². The van der Waals surface area contributed by atoms with Gasteiger partial charge in [0.05, 0.1) is 25.3 Å². The molecule has 1 aliphatic heterocycles. The Hall–Kier alpha value is -0.630. The first-order valence-corrected chi connectivity index (χ1v) is 5.65. The predicted molar refractivity (Wildman–Crippen MR) is 59.6 cm³/mol. The van der Waals surface area contributed by atoms with Gasteiger partial charge in [0.1, 0.15) is 0 Å². The second-order valence-electron chi connectivity index (χ2n) is 4.15. The molecule has 0 aliphatic carbocycles. The minimum Gasteiger partial charge on any atom is -0.374 e.